The quantitative estimate of drug-likeness (QED) is 0.318. The Bertz CT molecular complexity index is 182. The van der Waals surface area contributed by atoms with Crippen molar-refractivity contribution in [3.63, 3.8) is 0 Å². The van der Waals surface area contributed by atoms with Crippen molar-refractivity contribution in [2.45, 2.75) is 6.92 Å². The molecule has 0 aromatic heterocycles. The maximum Gasteiger partial charge on any atom is 0.466 e. The standard InChI is InChI=1S/C4H11N.2H3O4P/c1-4-5(2)3;2*1-5(2,3)4/h4H2,1-3H3;2*(H3,1,2,3,4). The van der Waals surface area contributed by atoms with Crippen LogP contribution in [0.5, 0.6) is 0 Å². The first-order valence-electron chi connectivity index (χ1n) is 3.48. The van der Waals surface area contributed by atoms with E-state index in [1.165, 1.54) is 0 Å². The molecule has 0 aliphatic heterocycles. The van der Waals surface area contributed by atoms with Gasteiger partial charge in [-0.2, -0.15) is 0 Å². The van der Waals surface area contributed by atoms with Crippen LogP contribution >= 0.6 is 15.6 Å². The van der Waals surface area contributed by atoms with E-state index in [1.54, 1.807) is 0 Å². The number of rotatable bonds is 1. The SMILES string of the molecule is CCN(C)C.O=P(O)(O)O.O=P(O)(O)O. The smallest absolute Gasteiger partial charge is 0.310 e. The van der Waals surface area contributed by atoms with Gasteiger partial charge in [0.1, 0.15) is 0 Å². The zero-order valence-corrected chi connectivity index (χ0v) is 10.3. The average molecular weight is 269 g/mol. The van der Waals surface area contributed by atoms with Gasteiger partial charge < -0.3 is 34.3 Å². The van der Waals surface area contributed by atoms with Gasteiger partial charge in [-0.05, 0) is 20.6 Å². The van der Waals surface area contributed by atoms with E-state index < -0.39 is 15.6 Å². The summed E-state index contributed by atoms with van der Waals surface area (Å²) in [6.07, 6.45) is 0. The molecule has 15 heavy (non-hydrogen) atoms. The molecule has 0 bridgehead atoms. The number of phosphoric acid groups is 2. The lowest BCUT2D eigenvalue weighted by Crippen LogP contribution is -2.08. The lowest BCUT2D eigenvalue weighted by molar-refractivity contribution is 0.272. The van der Waals surface area contributed by atoms with Gasteiger partial charge in [-0.3, -0.25) is 0 Å². The highest BCUT2D eigenvalue weighted by Crippen LogP contribution is 2.26. The molecule has 96 valence electrons. The molecule has 0 saturated heterocycles. The van der Waals surface area contributed by atoms with Crippen molar-refractivity contribution in [1.82, 2.24) is 4.90 Å². The van der Waals surface area contributed by atoms with Crippen LogP contribution in [-0.2, 0) is 9.13 Å². The van der Waals surface area contributed by atoms with Crippen molar-refractivity contribution >= 4 is 15.6 Å². The van der Waals surface area contributed by atoms with E-state index in [-0.39, 0.29) is 0 Å². The summed E-state index contributed by atoms with van der Waals surface area (Å²) in [7, 11) is -5.17. The molecule has 0 spiro atoms. The van der Waals surface area contributed by atoms with Gasteiger partial charge in [-0.15, -0.1) is 0 Å². The van der Waals surface area contributed by atoms with Crippen LogP contribution in [0, 0.1) is 0 Å². The number of hydrogen-bond donors (Lipinski definition) is 6. The molecule has 0 aromatic carbocycles. The van der Waals surface area contributed by atoms with Crippen LogP contribution < -0.4 is 0 Å². The fraction of sp³-hybridized carbons (Fsp3) is 1.00. The van der Waals surface area contributed by atoms with Crippen LogP contribution in [0.2, 0.25) is 0 Å². The molecule has 0 radical (unpaired) electrons. The molecule has 0 aliphatic rings. The summed E-state index contributed by atoms with van der Waals surface area (Å²) in [5, 5.41) is 0. The Morgan fingerprint density at radius 1 is 0.867 bits per heavy atom. The van der Waals surface area contributed by atoms with Gasteiger partial charge in [0.2, 0.25) is 0 Å². The first-order chi connectivity index (χ1) is 6.27. The maximum absolute atomic E-state index is 8.88. The van der Waals surface area contributed by atoms with E-state index in [2.05, 4.69) is 25.9 Å². The molecule has 0 aromatic rings. The van der Waals surface area contributed by atoms with Crippen LogP contribution in [0.15, 0.2) is 0 Å². The van der Waals surface area contributed by atoms with Crippen molar-refractivity contribution < 1.29 is 38.5 Å². The molecule has 0 unspecified atom stereocenters. The number of hydrogen-bond acceptors (Lipinski definition) is 3. The second-order valence-corrected chi connectivity index (χ2v) is 4.48. The lowest BCUT2D eigenvalue weighted by atomic mass is 10.7. The summed E-state index contributed by atoms with van der Waals surface area (Å²) in [5.74, 6) is 0. The molecule has 0 aliphatic carbocycles. The first-order valence-corrected chi connectivity index (χ1v) is 6.61. The van der Waals surface area contributed by atoms with Gasteiger partial charge >= 0.3 is 15.6 Å². The Morgan fingerprint density at radius 3 is 0.933 bits per heavy atom. The fourth-order valence-corrected chi connectivity index (χ4v) is 0. The fourth-order valence-electron chi connectivity index (χ4n) is 0. The Morgan fingerprint density at radius 2 is 0.933 bits per heavy atom. The van der Waals surface area contributed by atoms with Gasteiger partial charge in [-0.1, -0.05) is 6.92 Å². The minimum Gasteiger partial charge on any atom is -0.310 e. The van der Waals surface area contributed by atoms with Gasteiger partial charge in [-0.25, -0.2) is 9.13 Å². The van der Waals surface area contributed by atoms with Gasteiger partial charge in [0.15, 0.2) is 0 Å². The van der Waals surface area contributed by atoms with Crippen LogP contribution in [0.4, 0.5) is 0 Å². The Balaban J connectivity index is -0.000000144. The third kappa shape index (κ3) is 443. The molecule has 0 heterocycles. The van der Waals surface area contributed by atoms with E-state index in [4.69, 9.17) is 38.5 Å². The summed E-state index contributed by atoms with van der Waals surface area (Å²) >= 11 is 0. The molecule has 0 rings (SSSR count). The monoisotopic (exact) mass is 269 g/mol. The normalized spacial score (nSPS) is 11.1. The van der Waals surface area contributed by atoms with Crippen molar-refractivity contribution in [3.05, 3.63) is 0 Å². The Kier molecular flexibility index (Phi) is 12.9. The third-order valence-corrected chi connectivity index (χ3v) is 0.632. The summed E-state index contributed by atoms with van der Waals surface area (Å²) in [4.78, 5) is 45.2. The highest BCUT2D eigenvalue weighted by atomic mass is 31.2. The second kappa shape index (κ2) is 9.41. The second-order valence-electron chi connectivity index (χ2n) is 2.42. The minimum atomic E-state index is -4.64. The zero-order chi connectivity index (χ0) is 13.3. The molecule has 11 heteroatoms. The molecular weight excluding hydrogens is 252 g/mol. The summed E-state index contributed by atoms with van der Waals surface area (Å²) < 4.78 is 17.8. The molecular formula is C4H17NO8P2. The highest BCUT2D eigenvalue weighted by molar-refractivity contribution is 7.45. The maximum atomic E-state index is 8.88. The average Bonchev–Trinajstić information content (AvgIpc) is 1.79. The van der Waals surface area contributed by atoms with Gasteiger partial charge in [0, 0.05) is 0 Å². The first kappa shape index (κ1) is 20.6. The van der Waals surface area contributed by atoms with Crippen LogP contribution in [0.1, 0.15) is 6.92 Å². The zero-order valence-electron chi connectivity index (χ0n) is 8.55. The molecule has 9 nitrogen and oxygen atoms in total. The lowest BCUT2D eigenvalue weighted by Gasteiger charge is -2.00. The van der Waals surface area contributed by atoms with Crippen LogP contribution in [0.3, 0.4) is 0 Å². The summed E-state index contributed by atoms with van der Waals surface area (Å²) in [6, 6.07) is 0. The highest BCUT2D eigenvalue weighted by Gasteiger charge is 2.00. The van der Waals surface area contributed by atoms with Crippen molar-refractivity contribution in [1.29, 1.82) is 0 Å². The van der Waals surface area contributed by atoms with Crippen molar-refractivity contribution in [2.24, 2.45) is 0 Å². The Hall–Kier alpha value is 0.180. The molecule has 0 amide bonds. The van der Waals surface area contributed by atoms with E-state index in [9.17, 15) is 0 Å². The predicted molar refractivity (Wildman–Crippen MR) is 52.8 cm³/mol. The third-order valence-electron chi connectivity index (χ3n) is 0.632. The van der Waals surface area contributed by atoms with E-state index >= 15 is 0 Å². The van der Waals surface area contributed by atoms with Crippen LogP contribution in [-0.4, -0.2) is 54.9 Å². The van der Waals surface area contributed by atoms with Crippen molar-refractivity contribution in [3.8, 4) is 0 Å². The summed E-state index contributed by atoms with van der Waals surface area (Å²) in [5.41, 5.74) is 0. The molecule has 0 saturated carbocycles. The predicted octanol–water partition coefficient (Wildman–Crippen LogP) is -1.29. The van der Waals surface area contributed by atoms with E-state index in [0.29, 0.717) is 0 Å². The minimum absolute atomic E-state index is 1.14. The summed E-state index contributed by atoms with van der Waals surface area (Å²) in [6.45, 7) is 3.26. The molecule has 6 N–H and O–H groups in total. The number of nitrogens with zero attached hydrogens (tertiary/aromatic N) is 1. The largest absolute Gasteiger partial charge is 0.466 e. The van der Waals surface area contributed by atoms with E-state index in [1.807, 2.05) is 0 Å². The molecule has 0 atom stereocenters. The van der Waals surface area contributed by atoms with Gasteiger partial charge in [0.25, 0.3) is 0 Å². The van der Waals surface area contributed by atoms with Crippen LogP contribution in [0.25, 0.3) is 0 Å². The van der Waals surface area contributed by atoms with Crippen molar-refractivity contribution in [2.75, 3.05) is 20.6 Å². The molecule has 0 fully saturated rings. The Labute approximate surface area is 87.5 Å². The topological polar surface area (TPSA) is 159 Å². The van der Waals surface area contributed by atoms with E-state index in [0.717, 1.165) is 6.54 Å². The van der Waals surface area contributed by atoms with Gasteiger partial charge in [0.05, 0.1) is 0 Å².